The Morgan fingerprint density at radius 3 is 2.47 bits per heavy atom. The minimum Gasteiger partial charge on any atom is -0.348 e. The van der Waals surface area contributed by atoms with Gasteiger partial charge in [0.05, 0.1) is 16.6 Å². The summed E-state index contributed by atoms with van der Waals surface area (Å²) in [5.74, 6) is -0.915. The number of nitrogens with zero attached hydrogens (tertiary/aromatic N) is 1. The minimum absolute atomic E-state index is 0.0579. The standard InChI is InChI=1S/C23H21FN2O3S/c1-15-7-9-17(10-8-15)16(2)25-23(27)14-26-21-12-11-18(24)13-20(21)19-5-3-4-6-22(19)30(26,28)29/h3-13,16H,14H2,1-2H3,(H,25,27)/t16-/m1/s1. The molecule has 0 fully saturated rings. The lowest BCUT2D eigenvalue weighted by Crippen LogP contribution is -2.43. The van der Waals surface area contributed by atoms with Crippen molar-refractivity contribution < 1.29 is 17.6 Å². The number of amides is 1. The molecule has 0 aliphatic carbocycles. The normalized spacial score (nSPS) is 15.1. The highest BCUT2D eigenvalue weighted by Gasteiger charge is 2.36. The first-order valence-corrected chi connectivity index (χ1v) is 11.0. The minimum atomic E-state index is -3.96. The summed E-state index contributed by atoms with van der Waals surface area (Å²) < 4.78 is 41.4. The summed E-state index contributed by atoms with van der Waals surface area (Å²) in [7, 11) is -3.96. The molecular weight excluding hydrogens is 403 g/mol. The molecule has 0 spiro atoms. The molecule has 30 heavy (non-hydrogen) atoms. The molecule has 7 heteroatoms. The van der Waals surface area contributed by atoms with Crippen LogP contribution in [-0.2, 0) is 14.8 Å². The van der Waals surface area contributed by atoms with Crippen LogP contribution in [-0.4, -0.2) is 20.9 Å². The van der Waals surface area contributed by atoms with E-state index >= 15 is 0 Å². The molecule has 1 amide bonds. The maximum atomic E-state index is 13.9. The molecule has 0 unspecified atom stereocenters. The molecule has 1 N–H and O–H groups in total. The molecule has 1 aliphatic rings. The fraction of sp³-hybridized carbons (Fsp3) is 0.174. The van der Waals surface area contributed by atoms with Crippen LogP contribution in [0.2, 0.25) is 0 Å². The Labute approximate surface area is 175 Å². The van der Waals surface area contributed by atoms with Gasteiger partial charge in [-0.1, -0.05) is 48.0 Å². The van der Waals surface area contributed by atoms with Gasteiger partial charge in [-0.15, -0.1) is 0 Å². The number of carbonyl (C=O) groups excluding carboxylic acids is 1. The lowest BCUT2D eigenvalue weighted by Gasteiger charge is -2.32. The van der Waals surface area contributed by atoms with E-state index in [4.69, 9.17) is 0 Å². The van der Waals surface area contributed by atoms with E-state index in [-0.39, 0.29) is 16.6 Å². The lowest BCUT2D eigenvalue weighted by atomic mass is 10.0. The zero-order valence-corrected chi connectivity index (χ0v) is 17.4. The number of hydrogen-bond acceptors (Lipinski definition) is 3. The third-order valence-electron chi connectivity index (χ3n) is 5.21. The first-order chi connectivity index (χ1) is 14.3. The predicted molar refractivity (Wildman–Crippen MR) is 114 cm³/mol. The number of benzene rings is 3. The zero-order chi connectivity index (χ0) is 21.5. The van der Waals surface area contributed by atoms with Crippen LogP contribution in [0.3, 0.4) is 0 Å². The number of sulfonamides is 1. The summed E-state index contributed by atoms with van der Waals surface area (Å²) in [5, 5.41) is 2.85. The molecule has 154 valence electrons. The highest BCUT2D eigenvalue weighted by Crippen LogP contribution is 2.43. The molecule has 3 aromatic carbocycles. The molecule has 3 aromatic rings. The van der Waals surface area contributed by atoms with Crippen LogP contribution in [0.4, 0.5) is 10.1 Å². The Kier molecular flexibility index (Phi) is 5.07. The molecule has 4 rings (SSSR count). The zero-order valence-electron chi connectivity index (χ0n) is 16.6. The monoisotopic (exact) mass is 424 g/mol. The van der Waals surface area contributed by atoms with Crippen molar-refractivity contribution in [2.75, 3.05) is 10.8 Å². The average molecular weight is 424 g/mol. The van der Waals surface area contributed by atoms with E-state index in [1.54, 1.807) is 18.2 Å². The van der Waals surface area contributed by atoms with Crippen molar-refractivity contribution in [2.45, 2.75) is 24.8 Å². The van der Waals surface area contributed by atoms with Gasteiger partial charge in [0.2, 0.25) is 5.91 Å². The Hall–Kier alpha value is -3.19. The molecule has 0 bridgehead atoms. The van der Waals surface area contributed by atoms with E-state index in [1.165, 1.54) is 24.3 Å². The van der Waals surface area contributed by atoms with Gasteiger partial charge in [-0.2, -0.15) is 0 Å². The first-order valence-electron chi connectivity index (χ1n) is 9.55. The predicted octanol–water partition coefficient (Wildman–Crippen LogP) is 4.19. The van der Waals surface area contributed by atoms with Gasteiger partial charge in [-0.25, -0.2) is 12.8 Å². The highest BCUT2D eigenvalue weighted by molar-refractivity contribution is 7.93. The number of fused-ring (bicyclic) bond motifs is 3. The van der Waals surface area contributed by atoms with E-state index in [1.807, 2.05) is 38.1 Å². The number of nitrogens with one attached hydrogen (secondary N) is 1. The summed E-state index contributed by atoms with van der Waals surface area (Å²) in [5.41, 5.74) is 3.19. The van der Waals surface area contributed by atoms with E-state index in [9.17, 15) is 17.6 Å². The molecule has 0 saturated carbocycles. The van der Waals surface area contributed by atoms with Crippen molar-refractivity contribution in [1.82, 2.24) is 5.32 Å². The number of anilines is 1. The van der Waals surface area contributed by atoms with E-state index in [2.05, 4.69) is 5.32 Å². The number of hydrogen-bond donors (Lipinski definition) is 1. The SMILES string of the molecule is Cc1ccc([C@@H](C)NC(=O)CN2c3ccc(F)cc3-c3ccccc3S2(=O)=O)cc1. The van der Waals surface area contributed by atoms with Gasteiger partial charge in [0, 0.05) is 11.1 Å². The Balaban J connectivity index is 1.65. The van der Waals surface area contributed by atoms with E-state index in [0.29, 0.717) is 11.1 Å². The molecular formula is C23H21FN2O3S. The van der Waals surface area contributed by atoms with E-state index < -0.39 is 28.3 Å². The van der Waals surface area contributed by atoms with Crippen LogP contribution >= 0.6 is 0 Å². The van der Waals surface area contributed by atoms with Crippen molar-refractivity contribution in [3.8, 4) is 11.1 Å². The second kappa shape index (κ2) is 7.57. The van der Waals surface area contributed by atoms with Gasteiger partial charge in [0.25, 0.3) is 10.0 Å². The van der Waals surface area contributed by atoms with Crippen molar-refractivity contribution in [3.63, 3.8) is 0 Å². The molecule has 1 atom stereocenters. The third-order valence-corrected chi connectivity index (χ3v) is 7.03. The van der Waals surface area contributed by atoms with Gasteiger partial charge in [0.1, 0.15) is 12.4 Å². The highest BCUT2D eigenvalue weighted by atomic mass is 32.2. The van der Waals surface area contributed by atoms with Gasteiger partial charge in [0.15, 0.2) is 0 Å². The summed E-state index contributed by atoms with van der Waals surface area (Å²) in [4.78, 5) is 12.8. The fourth-order valence-corrected chi connectivity index (χ4v) is 5.28. The van der Waals surface area contributed by atoms with Crippen LogP contribution in [0.15, 0.2) is 71.6 Å². The van der Waals surface area contributed by atoms with Crippen LogP contribution in [0.5, 0.6) is 0 Å². The fourth-order valence-electron chi connectivity index (χ4n) is 3.63. The third kappa shape index (κ3) is 3.57. The lowest BCUT2D eigenvalue weighted by molar-refractivity contribution is -0.120. The van der Waals surface area contributed by atoms with Crippen LogP contribution in [0.25, 0.3) is 11.1 Å². The molecule has 1 aliphatic heterocycles. The number of carbonyl (C=O) groups is 1. The Morgan fingerprint density at radius 2 is 1.73 bits per heavy atom. The van der Waals surface area contributed by atoms with Crippen molar-refractivity contribution in [3.05, 3.63) is 83.7 Å². The Morgan fingerprint density at radius 1 is 1.03 bits per heavy atom. The second-order valence-corrected chi connectivity index (χ2v) is 9.20. The maximum absolute atomic E-state index is 13.9. The van der Waals surface area contributed by atoms with Crippen LogP contribution in [0.1, 0.15) is 24.1 Å². The first kappa shape index (κ1) is 20.1. The number of halogens is 1. The summed E-state index contributed by atoms with van der Waals surface area (Å²) in [6, 6.07) is 17.8. The molecule has 0 radical (unpaired) electrons. The summed E-state index contributed by atoms with van der Waals surface area (Å²) in [6.45, 7) is 3.42. The van der Waals surface area contributed by atoms with Crippen molar-refractivity contribution in [2.24, 2.45) is 0 Å². The summed E-state index contributed by atoms with van der Waals surface area (Å²) >= 11 is 0. The molecule has 1 heterocycles. The van der Waals surface area contributed by atoms with Gasteiger partial charge in [-0.05, 0) is 43.7 Å². The largest absolute Gasteiger partial charge is 0.348 e. The second-order valence-electron chi connectivity index (χ2n) is 7.37. The van der Waals surface area contributed by atoms with Gasteiger partial charge < -0.3 is 5.32 Å². The van der Waals surface area contributed by atoms with Crippen LogP contribution in [0, 0.1) is 12.7 Å². The molecule has 0 saturated heterocycles. The number of aryl methyl sites for hydroxylation is 1. The topological polar surface area (TPSA) is 66.5 Å². The smallest absolute Gasteiger partial charge is 0.265 e. The van der Waals surface area contributed by atoms with Crippen molar-refractivity contribution >= 4 is 21.6 Å². The van der Waals surface area contributed by atoms with Crippen LogP contribution < -0.4 is 9.62 Å². The quantitative estimate of drug-likeness (QED) is 0.683. The molecule has 0 aromatic heterocycles. The molecule has 5 nitrogen and oxygen atoms in total. The summed E-state index contributed by atoms with van der Waals surface area (Å²) in [6.07, 6.45) is 0. The van der Waals surface area contributed by atoms with Gasteiger partial charge >= 0.3 is 0 Å². The number of rotatable bonds is 4. The Bertz CT molecular complexity index is 1220. The van der Waals surface area contributed by atoms with E-state index in [0.717, 1.165) is 15.4 Å². The van der Waals surface area contributed by atoms with Crippen molar-refractivity contribution in [1.29, 1.82) is 0 Å². The van der Waals surface area contributed by atoms with Gasteiger partial charge in [-0.3, -0.25) is 9.10 Å². The maximum Gasteiger partial charge on any atom is 0.265 e. The average Bonchev–Trinajstić information content (AvgIpc) is 2.72.